The van der Waals surface area contributed by atoms with Crippen molar-refractivity contribution in [1.29, 1.82) is 0 Å². The molecule has 1 aliphatic rings. The van der Waals surface area contributed by atoms with Crippen LogP contribution in [0.2, 0.25) is 0 Å². The van der Waals surface area contributed by atoms with Crippen molar-refractivity contribution < 1.29 is 9.05 Å². The second kappa shape index (κ2) is 13.7. The highest BCUT2D eigenvalue weighted by molar-refractivity contribution is 7.44. The fourth-order valence-corrected chi connectivity index (χ4v) is 7.30. The van der Waals surface area contributed by atoms with Gasteiger partial charge in [0.1, 0.15) is 0 Å². The number of benzene rings is 4. The molecule has 0 bridgehead atoms. The van der Waals surface area contributed by atoms with E-state index in [-0.39, 0.29) is 12.1 Å². The van der Waals surface area contributed by atoms with Crippen molar-refractivity contribution in [3.8, 4) is 0 Å². The second-order valence-corrected chi connectivity index (χ2v) is 12.3. The minimum absolute atomic E-state index is 0.0333. The molecule has 1 heterocycles. The van der Waals surface area contributed by atoms with Gasteiger partial charge in [0.05, 0.1) is 19.3 Å². The first-order chi connectivity index (χ1) is 18.7. The lowest BCUT2D eigenvalue weighted by molar-refractivity contribution is 0.171. The molecule has 0 aliphatic carbocycles. The zero-order valence-electron chi connectivity index (χ0n) is 23.0. The van der Waals surface area contributed by atoms with Crippen LogP contribution in [0.25, 0.3) is 21.5 Å². The summed E-state index contributed by atoms with van der Waals surface area (Å²) in [6.45, 7) is 6.09. The average molecular weight is 528 g/mol. The van der Waals surface area contributed by atoms with Gasteiger partial charge in [0.2, 0.25) is 0 Å². The molecule has 4 heteroatoms. The monoisotopic (exact) mass is 527 g/mol. The van der Waals surface area contributed by atoms with Gasteiger partial charge in [-0.2, -0.15) is 0 Å². The maximum absolute atomic E-state index is 6.65. The Morgan fingerprint density at radius 3 is 1.42 bits per heavy atom. The highest BCUT2D eigenvalue weighted by Gasteiger charge is 2.34. The fourth-order valence-electron chi connectivity index (χ4n) is 5.56. The van der Waals surface area contributed by atoms with Crippen LogP contribution in [-0.2, 0) is 9.05 Å². The topological polar surface area (TPSA) is 21.7 Å². The highest BCUT2D eigenvalue weighted by atomic mass is 31.2. The first-order valence-electron chi connectivity index (χ1n) is 14.5. The van der Waals surface area contributed by atoms with Gasteiger partial charge in [-0.05, 0) is 71.5 Å². The Morgan fingerprint density at radius 2 is 0.974 bits per heavy atom. The van der Waals surface area contributed by atoms with Crippen LogP contribution in [0.1, 0.15) is 82.4 Å². The molecule has 1 aliphatic heterocycles. The predicted octanol–water partition coefficient (Wildman–Crippen LogP) is 10.2. The summed E-state index contributed by atoms with van der Waals surface area (Å²) in [6.07, 6.45) is 10.0. The first kappa shape index (κ1) is 27.3. The van der Waals surface area contributed by atoms with Gasteiger partial charge in [-0.15, -0.1) is 0 Å². The van der Waals surface area contributed by atoms with Crippen molar-refractivity contribution in [2.45, 2.75) is 77.3 Å². The lowest BCUT2D eigenvalue weighted by atomic mass is 9.94. The van der Waals surface area contributed by atoms with E-state index in [1.54, 1.807) is 0 Å². The van der Waals surface area contributed by atoms with E-state index in [0.29, 0.717) is 0 Å². The Hall–Kier alpha value is -2.29. The minimum atomic E-state index is -1.22. The van der Waals surface area contributed by atoms with E-state index in [1.807, 2.05) is 0 Å². The average Bonchev–Trinajstić information content (AvgIpc) is 2.97. The zero-order valence-corrected chi connectivity index (χ0v) is 23.9. The molecule has 1 saturated heterocycles. The molecule has 0 saturated carbocycles. The molecule has 4 aromatic carbocycles. The normalized spacial score (nSPS) is 17.1. The molecule has 200 valence electrons. The van der Waals surface area contributed by atoms with Gasteiger partial charge >= 0.3 is 0 Å². The molecule has 0 N–H and O–H groups in total. The second-order valence-electron chi connectivity index (χ2n) is 10.8. The molecule has 0 unspecified atom stereocenters. The van der Waals surface area contributed by atoms with Crippen LogP contribution in [0.3, 0.4) is 0 Å². The van der Waals surface area contributed by atoms with Crippen LogP contribution in [-0.4, -0.2) is 23.9 Å². The van der Waals surface area contributed by atoms with Crippen molar-refractivity contribution in [3.63, 3.8) is 0 Å². The number of fused-ring (bicyclic) bond motifs is 2. The quantitative estimate of drug-likeness (QED) is 0.241. The summed E-state index contributed by atoms with van der Waals surface area (Å²) >= 11 is 0. The van der Waals surface area contributed by atoms with E-state index in [1.165, 1.54) is 71.2 Å². The summed E-state index contributed by atoms with van der Waals surface area (Å²) in [5.41, 5.74) is 2.57. The summed E-state index contributed by atoms with van der Waals surface area (Å²) in [5.74, 6) is 0. The van der Waals surface area contributed by atoms with Gasteiger partial charge in [0.15, 0.2) is 0 Å². The molecule has 0 aromatic heterocycles. The van der Waals surface area contributed by atoms with E-state index >= 15 is 0 Å². The predicted molar refractivity (Wildman–Crippen MR) is 162 cm³/mol. The molecule has 38 heavy (non-hydrogen) atoms. The van der Waals surface area contributed by atoms with Gasteiger partial charge < -0.3 is 9.05 Å². The molecule has 1 fully saturated rings. The Bertz CT molecular complexity index is 1210. The third kappa shape index (κ3) is 6.82. The third-order valence-electron chi connectivity index (χ3n) is 7.60. The molecule has 5 rings (SSSR count). The molecule has 3 nitrogen and oxygen atoms in total. The zero-order chi connectivity index (χ0) is 26.2. The minimum Gasteiger partial charge on any atom is -0.322 e. The molecule has 0 atom stereocenters. The van der Waals surface area contributed by atoms with E-state index < -0.39 is 8.53 Å². The standard InChI is InChI=1S/C34H42NO2P/c1-27(2)35(38-36-23-13-7-5-3-4-6-8-14-24-37-38)34(32-21-19-28-15-9-11-17-30(28)25-32)33-22-20-29-16-10-12-18-31(29)26-33/h9-12,15-22,25-27,34H,3-8,13-14,23-24H2,1-2H3. The van der Waals surface area contributed by atoms with Gasteiger partial charge in [0, 0.05) is 6.04 Å². The molecule has 0 radical (unpaired) electrons. The molecule has 0 amide bonds. The van der Waals surface area contributed by atoms with Crippen LogP contribution < -0.4 is 0 Å². The summed E-state index contributed by atoms with van der Waals surface area (Å²) in [4.78, 5) is 0. The van der Waals surface area contributed by atoms with Crippen molar-refractivity contribution in [2.24, 2.45) is 0 Å². The Morgan fingerprint density at radius 1 is 0.553 bits per heavy atom. The van der Waals surface area contributed by atoms with E-state index in [4.69, 9.17) is 9.05 Å². The maximum atomic E-state index is 6.65. The summed E-state index contributed by atoms with van der Waals surface area (Å²) in [5, 5.41) is 5.07. The van der Waals surface area contributed by atoms with Crippen LogP contribution in [0.15, 0.2) is 84.9 Å². The van der Waals surface area contributed by atoms with E-state index in [0.717, 1.165) is 26.1 Å². The van der Waals surface area contributed by atoms with Gasteiger partial charge in [-0.25, -0.2) is 4.67 Å². The van der Waals surface area contributed by atoms with E-state index in [2.05, 4.69) is 103 Å². The van der Waals surface area contributed by atoms with Crippen molar-refractivity contribution in [3.05, 3.63) is 96.1 Å². The largest absolute Gasteiger partial charge is 0.322 e. The molecular formula is C34H42NO2P. The van der Waals surface area contributed by atoms with Gasteiger partial charge in [0.25, 0.3) is 8.53 Å². The number of nitrogens with zero attached hydrogens (tertiary/aromatic N) is 1. The Labute approximate surface area is 230 Å². The van der Waals surface area contributed by atoms with Crippen LogP contribution in [0.4, 0.5) is 0 Å². The van der Waals surface area contributed by atoms with Crippen molar-refractivity contribution in [2.75, 3.05) is 13.2 Å². The van der Waals surface area contributed by atoms with Crippen molar-refractivity contribution >= 4 is 30.1 Å². The van der Waals surface area contributed by atoms with Crippen LogP contribution >= 0.6 is 8.53 Å². The molecular weight excluding hydrogens is 485 g/mol. The fraction of sp³-hybridized carbons (Fsp3) is 0.412. The van der Waals surface area contributed by atoms with Crippen LogP contribution in [0.5, 0.6) is 0 Å². The van der Waals surface area contributed by atoms with E-state index in [9.17, 15) is 0 Å². The first-order valence-corrected chi connectivity index (χ1v) is 15.7. The van der Waals surface area contributed by atoms with Crippen LogP contribution in [0, 0.1) is 0 Å². The van der Waals surface area contributed by atoms with Gasteiger partial charge in [-0.3, -0.25) is 0 Å². The lowest BCUT2D eigenvalue weighted by Gasteiger charge is -2.39. The number of rotatable bonds is 5. The summed E-state index contributed by atoms with van der Waals surface area (Å²) in [6, 6.07) is 31.4. The third-order valence-corrected chi connectivity index (χ3v) is 9.48. The SMILES string of the molecule is CC(C)N(C(c1ccc2ccccc2c1)c1ccc2ccccc2c1)P1OCCCCCCCCCCO1. The summed E-state index contributed by atoms with van der Waals surface area (Å²) in [7, 11) is -1.22. The Kier molecular flexibility index (Phi) is 9.82. The molecule has 4 aromatic rings. The van der Waals surface area contributed by atoms with Gasteiger partial charge in [-0.1, -0.05) is 111 Å². The van der Waals surface area contributed by atoms with Crippen molar-refractivity contribution in [1.82, 2.24) is 4.67 Å². The Balaban J connectivity index is 1.56. The highest BCUT2D eigenvalue weighted by Crippen LogP contribution is 2.52. The molecule has 0 spiro atoms. The number of hydrogen-bond donors (Lipinski definition) is 0. The maximum Gasteiger partial charge on any atom is 0.259 e. The lowest BCUT2D eigenvalue weighted by Crippen LogP contribution is -2.33. The smallest absolute Gasteiger partial charge is 0.259 e. The summed E-state index contributed by atoms with van der Waals surface area (Å²) < 4.78 is 15.8. The number of hydrogen-bond acceptors (Lipinski definition) is 3.